The van der Waals surface area contributed by atoms with Gasteiger partial charge in [0.1, 0.15) is 5.82 Å². The molecule has 0 radical (unpaired) electrons. The molecule has 0 fully saturated rings. The second-order valence-electron chi connectivity index (χ2n) is 4.07. The van der Waals surface area contributed by atoms with Crippen LogP contribution in [0.15, 0.2) is 48.5 Å². The Balaban J connectivity index is 1.69. The maximum atomic E-state index is 13.2. The highest BCUT2D eigenvalue weighted by molar-refractivity contribution is 5.42. The summed E-state index contributed by atoms with van der Waals surface area (Å²) in [6.07, 6.45) is 0.728. The predicted molar refractivity (Wildman–Crippen MR) is 71.4 cm³/mol. The number of anilines is 1. The number of benzene rings is 2. The SMILES string of the molecule is Fc1ccc(OCCCNc2ccccc2)c(F)c1. The number of hydrogen-bond acceptors (Lipinski definition) is 2. The van der Waals surface area contributed by atoms with Crippen molar-refractivity contribution in [2.24, 2.45) is 0 Å². The third-order valence-electron chi connectivity index (χ3n) is 2.58. The van der Waals surface area contributed by atoms with Gasteiger partial charge in [0.25, 0.3) is 0 Å². The van der Waals surface area contributed by atoms with E-state index in [-0.39, 0.29) is 5.75 Å². The molecule has 4 heteroatoms. The van der Waals surface area contributed by atoms with Crippen LogP contribution in [0, 0.1) is 11.6 Å². The minimum Gasteiger partial charge on any atom is -0.490 e. The Morgan fingerprint density at radius 1 is 1.00 bits per heavy atom. The lowest BCUT2D eigenvalue weighted by Gasteiger charge is -2.08. The molecule has 2 nitrogen and oxygen atoms in total. The average molecular weight is 263 g/mol. The molecule has 0 aliphatic heterocycles. The van der Waals surface area contributed by atoms with E-state index in [0.717, 1.165) is 24.7 Å². The molecule has 0 saturated carbocycles. The first-order valence-corrected chi connectivity index (χ1v) is 6.12. The van der Waals surface area contributed by atoms with E-state index in [1.54, 1.807) is 0 Å². The van der Waals surface area contributed by atoms with Crippen molar-refractivity contribution in [3.05, 3.63) is 60.2 Å². The Morgan fingerprint density at radius 2 is 1.79 bits per heavy atom. The summed E-state index contributed by atoms with van der Waals surface area (Å²) in [5.41, 5.74) is 1.04. The summed E-state index contributed by atoms with van der Waals surface area (Å²) in [7, 11) is 0. The summed E-state index contributed by atoms with van der Waals surface area (Å²) in [5.74, 6) is -1.19. The van der Waals surface area contributed by atoms with Gasteiger partial charge in [-0.05, 0) is 30.7 Å². The Morgan fingerprint density at radius 3 is 2.53 bits per heavy atom. The molecular formula is C15H15F2NO. The van der Waals surface area contributed by atoms with Gasteiger partial charge in [-0.25, -0.2) is 8.78 Å². The fourth-order valence-electron chi connectivity index (χ4n) is 1.64. The van der Waals surface area contributed by atoms with Crippen molar-refractivity contribution in [1.82, 2.24) is 0 Å². The van der Waals surface area contributed by atoms with E-state index in [9.17, 15) is 8.78 Å². The zero-order valence-electron chi connectivity index (χ0n) is 10.4. The van der Waals surface area contributed by atoms with E-state index in [4.69, 9.17) is 4.74 Å². The minimum absolute atomic E-state index is 0.0844. The maximum absolute atomic E-state index is 13.2. The molecular weight excluding hydrogens is 248 g/mol. The zero-order valence-corrected chi connectivity index (χ0v) is 10.4. The fraction of sp³-hybridized carbons (Fsp3) is 0.200. The first-order valence-electron chi connectivity index (χ1n) is 6.12. The summed E-state index contributed by atoms with van der Waals surface area (Å²) in [6.45, 7) is 1.11. The molecule has 1 N–H and O–H groups in total. The summed E-state index contributed by atoms with van der Waals surface area (Å²) in [5, 5.41) is 3.22. The highest BCUT2D eigenvalue weighted by Gasteiger charge is 2.04. The number of hydrogen-bond donors (Lipinski definition) is 1. The van der Waals surface area contributed by atoms with Gasteiger partial charge in [-0.1, -0.05) is 18.2 Å². The molecule has 0 saturated heterocycles. The second kappa shape index (κ2) is 6.73. The first kappa shape index (κ1) is 13.3. The smallest absolute Gasteiger partial charge is 0.167 e. The first-order chi connectivity index (χ1) is 9.25. The largest absolute Gasteiger partial charge is 0.490 e. The summed E-state index contributed by atoms with van der Waals surface area (Å²) in [6, 6.07) is 13.1. The normalized spacial score (nSPS) is 10.2. The summed E-state index contributed by atoms with van der Waals surface area (Å²) >= 11 is 0. The molecule has 0 aliphatic carbocycles. The van der Waals surface area contributed by atoms with Crippen LogP contribution in [0.2, 0.25) is 0 Å². The van der Waals surface area contributed by atoms with E-state index in [1.165, 1.54) is 12.1 Å². The number of rotatable bonds is 6. The van der Waals surface area contributed by atoms with Crippen LogP contribution < -0.4 is 10.1 Å². The van der Waals surface area contributed by atoms with Crippen LogP contribution in [-0.4, -0.2) is 13.2 Å². The third kappa shape index (κ3) is 4.25. The van der Waals surface area contributed by atoms with E-state index in [1.807, 2.05) is 30.3 Å². The summed E-state index contributed by atoms with van der Waals surface area (Å²) < 4.78 is 31.2. The van der Waals surface area contributed by atoms with Crippen molar-refractivity contribution in [3.8, 4) is 5.75 Å². The van der Waals surface area contributed by atoms with Crippen LogP contribution >= 0.6 is 0 Å². The van der Waals surface area contributed by atoms with Gasteiger partial charge in [0.15, 0.2) is 11.6 Å². The van der Waals surface area contributed by atoms with Crippen molar-refractivity contribution < 1.29 is 13.5 Å². The third-order valence-corrected chi connectivity index (χ3v) is 2.58. The van der Waals surface area contributed by atoms with Gasteiger partial charge in [0, 0.05) is 18.3 Å². The molecule has 2 rings (SSSR count). The van der Waals surface area contributed by atoms with Crippen LogP contribution in [0.25, 0.3) is 0 Å². The van der Waals surface area contributed by atoms with Crippen molar-refractivity contribution in [2.45, 2.75) is 6.42 Å². The van der Waals surface area contributed by atoms with Crippen LogP contribution in [0.3, 0.4) is 0 Å². The molecule has 0 unspecified atom stereocenters. The van der Waals surface area contributed by atoms with E-state index >= 15 is 0 Å². The number of nitrogens with one attached hydrogen (secondary N) is 1. The van der Waals surface area contributed by atoms with Crippen molar-refractivity contribution in [2.75, 3.05) is 18.5 Å². The average Bonchev–Trinajstić information content (AvgIpc) is 2.42. The molecule has 2 aromatic carbocycles. The molecule has 100 valence electrons. The Hall–Kier alpha value is -2.10. The topological polar surface area (TPSA) is 21.3 Å². The standard InChI is InChI=1S/C15H15F2NO/c16-12-7-8-15(14(17)11-12)19-10-4-9-18-13-5-2-1-3-6-13/h1-3,5-8,11,18H,4,9-10H2. The Kier molecular flexibility index (Phi) is 4.72. The van der Waals surface area contributed by atoms with Crippen molar-refractivity contribution in [1.29, 1.82) is 0 Å². The quantitative estimate of drug-likeness (QED) is 0.799. The number of ether oxygens (including phenoxy) is 1. The van der Waals surface area contributed by atoms with Crippen molar-refractivity contribution >= 4 is 5.69 Å². The number of para-hydroxylation sites is 1. The summed E-state index contributed by atoms with van der Waals surface area (Å²) in [4.78, 5) is 0. The van der Waals surface area contributed by atoms with Crippen LogP contribution in [0.1, 0.15) is 6.42 Å². The molecule has 0 aromatic heterocycles. The predicted octanol–water partition coefficient (Wildman–Crippen LogP) is 3.85. The maximum Gasteiger partial charge on any atom is 0.167 e. The highest BCUT2D eigenvalue weighted by atomic mass is 19.1. The van der Waals surface area contributed by atoms with Gasteiger partial charge in [0.2, 0.25) is 0 Å². The van der Waals surface area contributed by atoms with Gasteiger partial charge in [-0.3, -0.25) is 0 Å². The van der Waals surface area contributed by atoms with E-state index < -0.39 is 11.6 Å². The van der Waals surface area contributed by atoms with Gasteiger partial charge in [-0.15, -0.1) is 0 Å². The zero-order chi connectivity index (χ0) is 13.5. The molecule has 0 spiro atoms. The van der Waals surface area contributed by atoms with Crippen LogP contribution in [-0.2, 0) is 0 Å². The van der Waals surface area contributed by atoms with E-state index in [0.29, 0.717) is 6.61 Å². The lowest BCUT2D eigenvalue weighted by atomic mass is 10.3. The molecule has 0 heterocycles. The van der Waals surface area contributed by atoms with Gasteiger partial charge in [0.05, 0.1) is 6.61 Å². The molecule has 2 aromatic rings. The van der Waals surface area contributed by atoms with Gasteiger partial charge < -0.3 is 10.1 Å². The van der Waals surface area contributed by atoms with E-state index in [2.05, 4.69) is 5.32 Å². The van der Waals surface area contributed by atoms with Crippen LogP contribution in [0.4, 0.5) is 14.5 Å². The molecule has 19 heavy (non-hydrogen) atoms. The Labute approximate surface area is 111 Å². The van der Waals surface area contributed by atoms with Gasteiger partial charge in [-0.2, -0.15) is 0 Å². The molecule has 0 amide bonds. The minimum atomic E-state index is -0.670. The number of halogens is 2. The highest BCUT2D eigenvalue weighted by Crippen LogP contribution is 2.17. The lowest BCUT2D eigenvalue weighted by Crippen LogP contribution is -2.07. The second-order valence-corrected chi connectivity index (χ2v) is 4.07. The Bertz CT molecular complexity index is 517. The van der Waals surface area contributed by atoms with Gasteiger partial charge >= 0.3 is 0 Å². The fourth-order valence-corrected chi connectivity index (χ4v) is 1.64. The monoisotopic (exact) mass is 263 g/mol. The van der Waals surface area contributed by atoms with Crippen molar-refractivity contribution in [3.63, 3.8) is 0 Å². The van der Waals surface area contributed by atoms with Crippen LogP contribution in [0.5, 0.6) is 5.75 Å². The molecule has 0 atom stereocenters. The lowest BCUT2D eigenvalue weighted by molar-refractivity contribution is 0.298. The molecule has 0 bridgehead atoms. The molecule has 0 aliphatic rings.